The molecule has 0 spiro atoms. The standard InChI is InChI=1S/C16H14N2O3S/c1-10-7-14(11(2)22-10)15(19)8-20-13-5-3-12(4-6-13)16-18-17-9-21-16/h3-7,9H,8H2,1-2H3. The molecular weight excluding hydrogens is 300 g/mol. The summed E-state index contributed by atoms with van der Waals surface area (Å²) in [6.45, 7) is 3.96. The zero-order valence-electron chi connectivity index (χ0n) is 12.2. The number of carbonyl (C=O) groups excluding carboxylic acids is 1. The number of hydrogen-bond donors (Lipinski definition) is 0. The van der Waals surface area contributed by atoms with E-state index in [1.807, 2.05) is 32.0 Å². The van der Waals surface area contributed by atoms with Gasteiger partial charge in [0.1, 0.15) is 5.75 Å². The highest BCUT2D eigenvalue weighted by atomic mass is 32.1. The molecule has 0 aliphatic rings. The molecule has 3 rings (SSSR count). The van der Waals surface area contributed by atoms with Crippen molar-refractivity contribution in [1.82, 2.24) is 10.2 Å². The number of ketones is 1. The third-order valence-corrected chi connectivity index (χ3v) is 4.14. The molecule has 1 aromatic carbocycles. The van der Waals surface area contributed by atoms with E-state index in [2.05, 4.69) is 10.2 Å². The maximum Gasteiger partial charge on any atom is 0.247 e. The van der Waals surface area contributed by atoms with Gasteiger partial charge in [-0.25, -0.2) is 0 Å². The number of Topliss-reactive ketones (excluding diaryl/α,β-unsaturated/α-hetero) is 1. The summed E-state index contributed by atoms with van der Waals surface area (Å²) < 4.78 is 10.7. The number of rotatable bonds is 5. The average Bonchev–Trinajstić information content (AvgIpc) is 3.15. The molecule has 6 heteroatoms. The van der Waals surface area contributed by atoms with Crippen LogP contribution < -0.4 is 4.74 Å². The molecule has 0 aliphatic heterocycles. The van der Waals surface area contributed by atoms with E-state index in [0.29, 0.717) is 11.6 Å². The Morgan fingerprint density at radius 1 is 1.27 bits per heavy atom. The van der Waals surface area contributed by atoms with Crippen LogP contribution in [0.15, 0.2) is 41.1 Å². The van der Waals surface area contributed by atoms with Crippen LogP contribution in [0.25, 0.3) is 11.5 Å². The minimum Gasteiger partial charge on any atom is -0.485 e. The van der Waals surface area contributed by atoms with Crippen LogP contribution in [0.1, 0.15) is 20.1 Å². The second-order valence-electron chi connectivity index (χ2n) is 4.81. The summed E-state index contributed by atoms with van der Waals surface area (Å²) in [7, 11) is 0. The van der Waals surface area contributed by atoms with Gasteiger partial charge in [0.25, 0.3) is 0 Å². The van der Waals surface area contributed by atoms with Gasteiger partial charge in [-0.3, -0.25) is 4.79 Å². The fraction of sp³-hybridized carbons (Fsp3) is 0.188. The predicted molar refractivity (Wildman–Crippen MR) is 83.4 cm³/mol. The Bertz CT molecular complexity index is 776. The molecule has 0 bridgehead atoms. The van der Waals surface area contributed by atoms with E-state index in [-0.39, 0.29) is 12.4 Å². The fourth-order valence-electron chi connectivity index (χ4n) is 2.13. The molecule has 0 radical (unpaired) electrons. The molecule has 0 saturated heterocycles. The third-order valence-electron chi connectivity index (χ3n) is 3.17. The summed E-state index contributed by atoms with van der Waals surface area (Å²) in [5.41, 5.74) is 1.55. The van der Waals surface area contributed by atoms with Crippen molar-refractivity contribution in [3.8, 4) is 17.2 Å². The minimum absolute atomic E-state index is 0.0113. The minimum atomic E-state index is -0.0113. The first-order valence-electron chi connectivity index (χ1n) is 6.73. The van der Waals surface area contributed by atoms with Gasteiger partial charge in [-0.2, -0.15) is 0 Å². The first kappa shape index (κ1) is 14.5. The van der Waals surface area contributed by atoms with Crippen LogP contribution in [-0.4, -0.2) is 22.6 Å². The van der Waals surface area contributed by atoms with Crippen molar-refractivity contribution in [1.29, 1.82) is 0 Å². The zero-order chi connectivity index (χ0) is 15.5. The molecule has 0 N–H and O–H groups in total. The van der Waals surface area contributed by atoms with Crippen LogP contribution >= 0.6 is 11.3 Å². The predicted octanol–water partition coefficient (Wildman–Crippen LogP) is 3.68. The molecule has 0 saturated carbocycles. The Morgan fingerprint density at radius 2 is 2.05 bits per heavy atom. The lowest BCUT2D eigenvalue weighted by molar-refractivity contribution is 0.0921. The number of nitrogens with zero attached hydrogens (tertiary/aromatic N) is 2. The van der Waals surface area contributed by atoms with Gasteiger partial charge >= 0.3 is 0 Å². The Kier molecular flexibility index (Phi) is 4.02. The second-order valence-corrected chi connectivity index (χ2v) is 6.27. The molecule has 0 unspecified atom stereocenters. The molecule has 112 valence electrons. The molecule has 3 aromatic rings. The fourth-order valence-corrected chi connectivity index (χ4v) is 3.07. The molecule has 2 aromatic heterocycles. The van der Waals surface area contributed by atoms with Crippen LogP contribution in [0.5, 0.6) is 5.75 Å². The highest BCUT2D eigenvalue weighted by Crippen LogP contribution is 2.22. The number of ether oxygens (including phenoxy) is 1. The Morgan fingerprint density at radius 3 is 2.64 bits per heavy atom. The molecule has 22 heavy (non-hydrogen) atoms. The molecule has 0 fully saturated rings. The Balaban J connectivity index is 1.64. The molecule has 0 atom stereocenters. The van der Waals surface area contributed by atoms with Crippen molar-refractivity contribution >= 4 is 17.1 Å². The van der Waals surface area contributed by atoms with Crippen molar-refractivity contribution in [2.75, 3.05) is 6.61 Å². The lowest BCUT2D eigenvalue weighted by atomic mass is 10.2. The summed E-state index contributed by atoms with van der Waals surface area (Å²) in [6.07, 6.45) is 1.28. The van der Waals surface area contributed by atoms with Gasteiger partial charge in [0.2, 0.25) is 18.1 Å². The van der Waals surface area contributed by atoms with Crippen LogP contribution in [0.3, 0.4) is 0 Å². The molecule has 0 amide bonds. The summed E-state index contributed by atoms with van der Waals surface area (Å²) in [4.78, 5) is 14.3. The first-order valence-corrected chi connectivity index (χ1v) is 7.55. The summed E-state index contributed by atoms with van der Waals surface area (Å²) >= 11 is 1.62. The van der Waals surface area contributed by atoms with Gasteiger partial charge in [-0.05, 0) is 44.2 Å². The van der Waals surface area contributed by atoms with Gasteiger partial charge < -0.3 is 9.15 Å². The van der Waals surface area contributed by atoms with E-state index in [4.69, 9.17) is 9.15 Å². The topological polar surface area (TPSA) is 65.2 Å². The van der Waals surface area contributed by atoms with E-state index in [1.54, 1.807) is 23.5 Å². The molecule has 0 aliphatic carbocycles. The van der Waals surface area contributed by atoms with Crippen LogP contribution in [0, 0.1) is 13.8 Å². The molecular formula is C16H14N2O3S. The number of thiophene rings is 1. The highest BCUT2D eigenvalue weighted by molar-refractivity contribution is 7.12. The highest BCUT2D eigenvalue weighted by Gasteiger charge is 2.13. The number of aryl methyl sites for hydroxylation is 2. The monoisotopic (exact) mass is 314 g/mol. The zero-order valence-corrected chi connectivity index (χ0v) is 13.0. The Hall–Kier alpha value is -2.47. The van der Waals surface area contributed by atoms with Gasteiger partial charge in [-0.15, -0.1) is 21.5 Å². The smallest absolute Gasteiger partial charge is 0.247 e. The summed E-state index contributed by atoms with van der Waals surface area (Å²) in [5, 5.41) is 7.46. The third kappa shape index (κ3) is 3.07. The van der Waals surface area contributed by atoms with Gasteiger partial charge in [0.05, 0.1) is 0 Å². The SMILES string of the molecule is Cc1cc(C(=O)COc2ccc(-c3nnco3)cc2)c(C)s1. The maximum atomic E-state index is 12.2. The van der Waals surface area contributed by atoms with Crippen molar-refractivity contribution < 1.29 is 13.9 Å². The number of aromatic nitrogens is 2. The number of benzene rings is 1. The van der Waals surface area contributed by atoms with E-state index in [0.717, 1.165) is 20.9 Å². The maximum absolute atomic E-state index is 12.2. The lowest BCUT2D eigenvalue weighted by Crippen LogP contribution is -2.11. The van der Waals surface area contributed by atoms with Crippen LogP contribution in [-0.2, 0) is 0 Å². The quantitative estimate of drug-likeness (QED) is 0.672. The van der Waals surface area contributed by atoms with Crippen molar-refractivity contribution in [2.24, 2.45) is 0 Å². The van der Waals surface area contributed by atoms with Gasteiger partial charge in [0, 0.05) is 20.9 Å². The normalized spacial score (nSPS) is 10.6. The largest absolute Gasteiger partial charge is 0.485 e. The van der Waals surface area contributed by atoms with Crippen LogP contribution in [0.2, 0.25) is 0 Å². The first-order chi connectivity index (χ1) is 10.6. The van der Waals surface area contributed by atoms with Crippen molar-refractivity contribution in [2.45, 2.75) is 13.8 Å². The molecule has 2 heterocycles. The van der Waals surface area contributed by atoms with Gasteiger partial charge in [0.15, 0.2) is 6.61 Å². The van der Waals surface area contributed by atoms with Crippen LogP contribution in [0.4, 0.5) is 0 Å². The second kappa shape index (κ2) is 6.11. The average molecular weight is 314 g/mol. The van der Waals surface area contributed by atoms with E-state index in [9.17, 15) is 4.79 Å². The van der Waals surface area contributed by atoms with Crippen molar-refractivity contribution in [3.63, 3.8) is 0 Å². The van der Waals surface area contributed by atoms with E-state index >= 15 is 0 Å². The lowest BCUT2D eigenvalue weighted by Gasteiger charge is -2.05. The molecule has 5 nitrogen and oxygen atoms in total. The summed E-state index contributed by atoms with van der Waals surface area (Å²) in [6, 6.07) is 9.09. The van der Waals surface area contributed by atoms with Gasteiger partial charge in [-0.1, -0.05) is 0 Å². The van der Waals surface area contributed by atoms with E-state index < -0.39 is 0 Å². The van der Waals surface area contributed by atoms with E-state index in [1.165, 1.54) is 6.39 Å². The number of hydrogen-bond acceptors (Lipinski definition) is 6. The van der Waals surface area contributed by atoms with Crippen molar-refractivity contribution in [3.05, 3.63) is 52.0 Å². The summed E-state index contributed by atoms with van der Waals surface area (Å²) in [5.74, 6) is 1.07. The number of carbonyl (C=O) groups is 1. The Labute approximate surface area is 131 Å².